The van der Waals surface area contributed by atoms with Gasteiger partial charge in [0.05, 0.1) is 19.2 Å². The van der Waals surface area contributed by atoms with Gasteiger partial charge in [-0.05, 0) is 30.5 Å². The van der Waals surface area contributed by atoms with Crippen molar-refractivity contribution in [1.29, 1.82) is 0 Å². The van der Waals surface area contributed by atoms with Crippen LogP contribution in [0.25, 0.3) is 0 Å². The van der Waals surface area contributed by atoms with E-state index in [1.54, 1.807) is 6.92 Å². The van der Waals surface area contributed by atoms with Crippen molar-refractivity contribution < 1.29 is 13.9 Å². The second kappa shape index (κ2) is 6.22. The van der Waals surface area contributed by atoms with E-state index in [1.165, 1.54) is 25.3 Å². The Bertz CT molecular complexity index is 483. The Morgan fingerprint density at radius 3 is 2.50 bits per heavy atom. The molecule has 0 aromatic heterocycles. The molecule has 0 saturated carbocycles. The Labute approximate surface area is 119 Å². The number of carbonyl (C=O) groups is 1. The molecule has 0 fully saturated rings. The molecule has 4 nitrogen and oxygen atoms in total. The van der Waals surface area contributed by atoms with Gasteiger partial charge in [-0.3, -0.25) is 4.79 Å². The van der Waals surface area contributed by atoms with Gasteiger partial charge >= 0.3 is 0 Å². The lowest BCUT2D eigenvalue weighted by molar-refractivity contribution is -0.125. The molecule has 1 aromatic rings. The second-order valence-electron chi connectivity index (χ2n) is 5.96. The smallest absolute Gasteiger partial charge is 0.237 e. The number of amides is 1. The van der Waals surface area contributed by atoms with E-state index in [2.05, 4.69) is 5.32 Å². The van der Waals surface area contributed by atoms with Crippen LogP contribution in [-0.2, 0) is 4.79 Å². The van der Waals surface area contributed by atoms with E-state index in [9.17, 15) is 9.18 Å². The number of hydrogen-bond donors (Lipinski definition) is 2. The van der Waals surface area contributed by atoms with E-state index in [0.717, 1.165) is 0 Å². The highest BCUT2D eigenvalue weighted by Gasteiger charge is 2.28. The van der Waals surface area contributed by atoms with E-state index in [1.807, 2.05) is 20.8 Å². The average molecular weight is 282 g/mol. The van der Waals surface area contributed by atoms with Crippen molar-refractivity contribution in [1.82, 2.24) is 5.32 Å². The van der Waals surface area contributed by atoms with Gasteiger partial charge in [-0.1, -0.05) is 20.8 Å². The van der Waals surface area contributed by atoms with Crippen LogP contribution in [0.5, 0.6) is 5.75 Å². The van der Waals surface area contributed by atoms with Gasteiger partial charge in [0.1, 0.15) is 11.6 Å². The summed E-state index contributed by atoms with van der Waals surface area (Å²) in [5.41, 5.74) is 6.15. The van der Waals surface area contributed by atoms with Crippen molar-refractivity contribution in [2.24, 2.45) is 11.1 Å². The zero-order valence-electron chi connectivity index (χ0n) is 12.7. The van der Waals surface area contributed by atoms with E-state index in [-0.39, 0.29) is 23.2 Å². The van der Waals surface area contributed by atoms with Crippen LogP contribution in [0.2, 0.25) is 0 Å². The van der Waals surface area contributed by atoms with Crippen LogP contribution in [0, 0.1) is 11.2 Å². The van der Waals surface area contributed by atoms with Crippen molar-refractivity contribution in [2.75, 3.05) is 7.11 Å². The minimum absolute atomic E-state index is 0.267. The van der Waals surface area contributed by atoms with E-state index < -0.39 is 6.04 Å². The third-order valence-corrected chi connectivity index (χ3v) is 3.23. The SMILES string of the molecule is COc1ccc(F)cc1C(C)NC(=O)C(N)C(C)(C)C. The number of nitrogens with two attached hydrogens (primary N) is 1. The molecule has 3 N–H and O–H groups in total. The Kier molecular flexibility index (Phi) is 5.11. The number of nitrogens with one attached hydrogen (secondary N) is 1. The number of halogens is 1. The summed E-state index contributed by atoms with van der Waals surface area (Å²) >= 11 is 0. The zero-order valence-corrected chi connectivity index (χ0v) is 12.7. The summed E-state index contributed by atoms with van der Waals surface area (Å²) in [5, 5.41) is 2.79. The molecule has 0 aliphatic heterocycles. The van der Waals surface area contributed by atoms with Crippen molar-refractivity contribution in [2.45, 2.75) is 39.8 Å². The molecule has 0 saturated heterocycles. The summed E-state index contributed by atoms with van der Waals surface area (Å²) in [6.45, 7) is 7.45. The summed E-state index contributed by atoms with van der Waals surface area (Å²) in [6.07, 6.45) is 0. The van der Waals surface area contributed by atoms with Crippen molar-refractivity contribution in [3.63, 3.8) is 0 Å². The Hall–Kier alpha value is -1.62. The monoisotopic (exact) mass is 282 g/mol. The molecule has 112 valence electrons. The fourth-order valence-electron chi connectivity index (χ4n) is 1.82. The number of hydrogen-bond acceptors (Lipinski definition) is 3. The molecule has 20 heavy (non-hydrogen) atoms. The molecular formula is C15H23FN2O2. The summed E-state index contributed by atoms with van der Waals surface area (Å²) in [7, 11) is 1.51. The molecule has 1 aromatic carbocycles. The van der Waals surface area contributed by atoms with Crippen molar-refractivity contribution in [3.05, 3.63) is 29.6 Å². The van der Waals surface area contributed by atoms with Crippen LogP contribution in [0.4, 0.5) is 4.39 Å². The van der Waals surface area contributed by atoms with E-state index >= 15 is 0 Å². The number of methoxy groups -OCH3 is 1. The first-order chi connectivity index (χ1) is 9.16. The lowest BCUT2D eigenvalue weighted by Gasteiger charge is -2.27. The molecule has 0 heterocycles. The minimum atomic E-state index is -0.635. The molecule has 1 rings (SSSR count). The van der Waals surface area contributed by atoms with Gasteiger partial charge in [0.2, 0.25) is 5.91 Å². The maximum absolute atomic E-state index is 13.3. The molecule has 0 spiro atoms. The highest BCUT2D eigenvalue weighted by Crippen LogP contribution is 2.26. The standard InChI is InChI=1S/C15H23FN2O2/c1-9(18-14(19)13(17)15(2,3)4)11-8-10(16)6-7-12(11)20-5/h6-9,13H,17H2,1-5H3,(H,18,19). The van der Waals surface area contributed by atoms with Crippen LogP contribution in [0.3, 0.4) is 0 Å². The number of ether oxygens (including phenoxy) is 1. The first-order valence-corrected chi connectivity index (χ1v) is 6.56. The molecular weight excluding hydrogens is 259 g/mol. The predicted molar refractivity (Wildman–Crippen MR) is 76.9 cm³/mol. The molecule has 2 atom stereocenters. The number of benzene rings is 1. The van der Waals surface area contributed by atoms with Gasteiger partial charge in [-0.15, -0.1) is 0 Å². The highest BCUT2D eigenvalue weighted by molar-refractivity contribution is 5.82. The molecule has 0 aliphatic carbocycles. The maximum atomic E-state index is 13.3. The summed E-state index contributed by atoms with van der Waals surface area (Å²) in [6, 6.07) is 3.19. The Morgan fingerprint density at radius 1 is 1.40 bits per heavy atom. The topological polar surface area (TPSA) is 64.3 Å². The largest absolute Gasteiger partial charge is 0.496 e. The van der Waals surface area contributed by atoms with Gasteiger partial charge in [-0.2, -0.15) is 0 Å². The lowest BCUT2D eigenvalue weighted by atomic mass is 9.86. The summed E-state index contributed by atoms with van der Waals surface area (Å²) in [5.74, 6) is -0.109. The van der Waals surface area contributed by atoms with Crippen molar-refractivity contribution in [3.8, 4) is 5.75 Å². The maximum Gasteiger partial charge on any atom is 0.237 e. The summed E-state index contributed by atoms with van der Waals surface area (Å²) in [4.78, 5) is 12.1. The van der Waals surface area contributed by atoms with E-state index in [4.69, 9.17) is 10.5 Å². The van der Waals surface area contributed by atoms with Crippen LogP contribution < -0.4 is 15.8 Å². The van der Waals surface area contributed by atoms with Crippen LogP contribution in [0.1, 0.15) is 39.3 Å². The Balaban J connectivity index is 2.89. The first kappa shape index (κ1) is 16.4. The zero-order chi connectivity index (χ0) is 15.5. The van der Waals surface area contributed by atoms with Gasteiger partial charge < -0.3 is 15.8 Å². The molecule has 0 radical (unpaired) electrons. The lowest BCUT2D eigenvalue weighted by Crippen LogP contribution is -2.49. The van der Waals surface area contributed by atoms with E-state index in [0.29, 0.717) is 11.3 Å². The predicted octanol–water partition coefficient (Wildman–Crippen LogP) is 2.38. The van der Waals surface area contributed by atoms with Gasteiger partial charge in [0.25, 0.3) is 0 Å². The molecule has 0 aliphatic rings. The molecule has 2 unspecified atom stereocenters. The number of carbonyl (C=O) groups excluding carboxylic acids is 1. The second-order valence-corrected chi connectivity index (χ2v) is 5.96. The van der Waals surface area contributed by atoms with Crippen molar-refractivity contribution >= 4 is 5.91 Å². The third kappa shape index (κ3) is 3.93. The third-order valence-electron chi connectivity index (χ3n) is 3.23. The van der Waals surface area contributed by atoms with Crippen LogP contribution in [0.15, 0.2) is 18.2 Å². The molecule has 5 heteroatoms. The molecule has 0 bridgehead atoms. The van der Waals surface area contributed by atoms with Crippen LogP contribution >= 0.6 is 0 Å². The minimum Gasteiger partial charge on any atom is -0.496 e. The van der Waals surface area contributed by atoms with Gasteiger partial charge in [0, 0.05) is 5.56 Å². The number of rotatable bonds is 4. The Morgan fingerprint density at radius 2 is 2.00 bits per heavy atom. The first-order valence-electron chi connectivity index (χ1n) is 6.56. The normalized spacial score (nSPS) is 14.6. The fourth-order valence-corrected chi connectivity index (χ4v) is 1.82. The van der Waals surface area contributed by atoms with Gasteiger partial charge in [0.15, 0.2) is 0 Å². The summed E-state index contributed by atoms with van der Waals surface area (Å²) < 4.78 is 18.5. The van der Waals surface area contributed by atoms with Crippen LogP contribution in [-0.4, -0.2) is 19.1 Å². The average Bonchev–Trinajstić information content (AvgIpc) is 2.36. The fraction of sp³-hybridized carbons (Fsp3) is 0.533. The highest BCUT2D eigenvalue weighted by atomic mass is 19.1. The quantitative estimate of drug-likeness (QED) is 0.891. The molecule has 1 amide bonds. The van der Waals surface area contributed by atoms with Gasteiger partial charge in [-0.25, -0.2) is 4.39 Å².